The minimum absolute atomic E-state index is 0.198. The van der Waals surface area contributed by atoms with E-state index in [0.29, 0.717) is 5.56 Å². The highest BCUT2D eigenvalue weighted by Gasteiger charge is 2.00. The van der Waals surface area contributed by atoms with Crippen molar-refractivity contribution in [3.8, 4) is 0 Å². The Kier molecular flexibility index (Phi) is 2.27. The van der Waals surface area contributed by atoms with Crippen LogP contribution in [0.4, 0.5) is 4.39 Å². The van der Waals surface area contributed by atoms with Crippen LogP contribution >= 0.6 is 0 Å². The van der Waals surface area contributed by atoms with E-state index in [4.69, 9.17) is 0 Å². The minimum Gasteiger partial charge on any atom is -0.256 e. The van der Waals surface area contributed by atoms with Gasteiger partial charge >= 0.3 is 0 Å². The van der Waals surface area contributed by atoms with Crippen molar-refractivity contribution in [3.05, 3.63) is 48.2 Å². The maximum atomic E-state index is 13.2. The molecule has 1 nitrogen and oxygen atoms in total. The van der Waals surface area contributed by atoms with E-state index in [2.05, 4.69) is 4.98 Å². The van der Waals surface area contributed by atoms with Gasteiger partial charge in [-0.15, -0.1) is 0 Å². The summed E-state index contributed by atoms with van der Waals surface area (Å²) in [6.07, 6.45) is 3.19. The first-order valence-electron chi connectivity index (χ1n) is 4.48. The number of pyridine rings is 1. The summed E-state index contributed by atoms with van der Waals surface area (Å²) < 4.78 is 13.2. The van der Waals surface area contributed by atoms with Crippen molar-refractivity contribution < 1.29 is 4.39 Å². The fourth-order valence-corrected chi connectivity index (χ4v) is 1.39. The molecule has 0 saturated carbocycles. The molecule has 0 fully saturated rings. The third kappa shape index (κ3) is 1.51. The zero-order chi connectivity index (χ0) is 9.97. The average Bonchev–Trinajstić information content (AvgIpc) is 2.27. The van der Waals surface area contributed by atoms with E-state index in [1.807, 2.05) is 18.2 Å². The molecule has 0 aliphatic rings. The number of nitrogens with zero attached hydrogens (tertiary/aromatic N) is 1. The summed E-state index contributed by atoms with van der Waals surface area (Å²) in [5.41, 5.74) is 1.49. The number of hydrogen-bond acceptors (Lipinski definition) is 1. The van der Waals surface area contributed by atoms with Crippen molar-refractivity contribution in [2.45, 2.75) is 6.92 Å². The molecule has 0 atom stereocenters. The highest BCUT2D eigenvalue weighted by molar-refractivity contribution is 5.82. The quantitative estimate of drug-likeness (QED) is 0.665. The lowest BCUT2D eigenvalue weighted by Crippen LogP contribution is -1.81. The molecule has 0 unspecified atom stereocenters. The number of fused-ring (bicyclic) bond motifs is 1. The highest BCUT2D eigenvalue weighted by atomic mass is 19.1. The first-order chi connectivity index (χ1) is 6.81. The Morgan fingerprint density at radius 1 is 1.36 bits per heavy atom. The smallest absolute Gasteiger partial charge is 0.126 e. The van der Waals surface area contributed by atoms with Gasteiger partial charge in [0, 0.05) is 17.1 Å². The molecule has 0 spiro atoms. The van der Waals surface area contributed by atoms with E-state index < -0.39 is 0 Å². The Labute approximate surface area is 81.9 Å². The van der Waals surface area contributed by atoms with Crippen LogP contribution < -0.4 is 0 Å². The summed E-state index contributed by atoms with van der Waals surface area (Å²) in [6.45, 7) is 1.68. The summed E-state index contributed by atoms with van der Waals surface area (Å²) >= 11 is 0. The first-order valence-corrected chi connectivity index (χ1v) is 4.48. The van der Waals surface area contributed by atoms with Crippen LogP contribution in [0.3, 0.4) is 0 Å². The Morgan fingerprint density at radius 2 is 2.21 bits per heavy atom. The predicted molar refractivity (Wildman–Crippen MR) is 56.5 cm³/mol. The fourth-order valence-electron chi connectivity index (χ4n) is 1.39. The standard InChI is InChI=1S/C12H10FN/c1-2-11(13)9-5-6-12-10(8-9)4-3-7-14-12/h2-8H,1H3/b11-2-. The summed E-state index contributed by atoms with van der Waals surface area (Å²) in [5.74, 6) is -0.198. The Bertz CT molecular complexity index is 488. The monoisotopic (exact) mass is 187 g/mol. The Balaban J connectivity index is 2.62. The lowest BCUT2D eigenvalue weighted by atomic mass is 10.1. The van der Waals surface area contributed by atoms with Gasteiger partial charge in [0.25, 0.3) is 0 Å². The topological polar surface area (TPSA) is 12.9 Å². The van der Waals surface area contributed by atoms with Gasteiger partial charge in [0.15, 0.2) is 0 Å². The molecular formula is C12H10FN. The van der Waals surface area contributed by atoms with E-state index in [1.54, 1.807) is 25.3 Å². The lowest BCUT2D eigenvalue weighted by molar-refractivity contribution is 0.758. The maximum Gasteiger partial charge on any atom is 0.126 e. The van der Waals surface area contributed by atoms with Crippen LogP contribution in [0.1, 0.15) is 12.5 Å². The van der Waals surface area contributed by atoms with E-state index >= 15 is 0 Å². The molecule has 1 aromatic carbocycles. The van der Waals surface area contributed by atoms with Crippen LogP contribution in [0.15, 0.2) is 42.6 Å². The number of hydrogen-bond donors (Lipinski definition) is 0. The summed E-state index contributed by atoms with van der Waals surface area (Å²) in [7, 11) is 0. The van der Waals surface area contributed by atoms with Crippen molar-refractivity contribution in [1.82, 2.24) is 4.98 Å². The van der Waals surface area contributed by atoms with Crippen LogP contribution in [0.5, 0.6) is 0 Å². The number of allylic oxidation sites excluding steroid dienone is 1. The molecule has 1 heterocycles. The second kappa shape index (κ2) is 3.58. The summed E-state index contributed by atoms with van der Waals surface area (Å²) in [6, 6.07) is 9.14. The van der Waals surface area contributed by atoms with Gasteiger partial charge in [0.1, 0.15) is 5.83 Å². The van der Waals surface area contributed by atoms with Gasteiger partial charge in [-0.25, -0.2) is 4.39 Å². The molecule has 2 heteroatoms. The second-order valence-corrected chi connectivity index (χ2v) is 3.05. The predicted octanol–water partition coefficient (Wildman–Crippen LogP) is 3.57. The van der Waals surface area contributed by atoms with Crippen molar-refractivity contribution in [2.75, 3.05) is 0 Å². The van der Waals surface area contributed by atoms with E-state index in [1.165, 1.54) is 6.08 Å². The number of halogens is 1. The molecule has 2 rings (SSSR count). The van der Waals surface area contributed by atoms with Crippen molar-refractivity contribution in [1.29, 1.82) is 0 Å². The maximum absolute atomic E-state index is 13.2. The molecule has 0 aliphatic heterocycles. The van der Waals surface area contributed by atoms with Crippen LogP contribution in [-0.4, -0.2) is 4.98 Å². The first kappa shape index (κ1) is 8.88. The largest absolute Gasteiger partial charge is 0.256 e. The average molecular weight is 187 g/mol. The van der Waals surface area contributed by atoms with Crippen LogP contribution in [-0.2, 0) is 0 Å². The van der Waals surface area contributed by atoms with E-state index in [0.717, 1.165) is 10.9 Å². The van der Waals surface area contributed by atoms with Gasteiger partial charge in [0.2, 0.25) is 0 Å². The molecule has 0 N–H and O–H groups in total. The normalized spacial score (nSPS) is 12.0. The van der Waals surface area contributed by atoms with Crippen LogP contribution in [0.2, 0.25) is 0 Å². The molecular weight excluding hydrogens is 177 g/mol. The Hall–Kier alpha value is -1.70. The van der Waals surface area contributed by atoms with Gasteiger partial charge in [-0.05, 0) is 31.2 Å². The zero-order valence-electron chi connectivity index (χ0n) is 7.87. The number of rotatable bonds is 1. The molecule has 0 aliphatic carbocycles. The zero-order valence-corrected chi connectivity index (χ0v) is 7.87. The van der Waals surface area contributed by atoms with E-state index in [-0.39, 0.29) is 5.83 Å². The van der Waals surface area contributed by atoms with Gasteiger partial charge < -0.3 is 0 Å². The molecule has 2 aromatic rings. The fraction of sp³-hybridized carbons (Fsp3) is 0.0833. The SMILES string of the molecule is C/C=C(\F)c1ccc2ncccc2c1. The van der Waals surface area contributed by atoms with Crippen molar-refractivity contribution in [3.63, 3.8) is 0 Å². The molecule has 70 valence electrons. The number of benzene rings is 1. The van der Waals surface area contributed by atoms with Gasteiger partial charge in [-0.3, -0.25) is 4.98 Å². The van der Waals surface area contributed by atoms with Crippen molar-refractivity contribution >= 4 is 16.7 Å². The molecule has 14 heavy (non-hydrogen) atoms. The molecule has 0 radical (unpaired) electrons. The van der Waals surface area contributed by atoms with Gasteiger partial charge in [-0.2, -0.15) is 0 Å². The highest BCUT2D eigenvalue weighted by Crippen LogP contribution is 2.20. The summed E-state index contributed by atoms with van der Waals surface area (Å²) in [4.78, 5) is 4.17. The second-order valence-electron chi connectivity index (χ2n) is 3.05. The molecule has 1 aromatic heterocycles. The van der Waals surface area contributed by atoms with Crippen LogP contribution in [0.25, 0.3) is 16.7 Å². The van der Waals surface area contributed by atoms with Crippen molar-refractivity contribution in [2.24, 2.45) is 0 Å². The van der Waals surface area contributed by atoms with Gasteiger partial charge in [0.05, 0.1) is 5.52 Å². The lowest BCUT2D eigenvalue weighted by Gasteiger charge is -1.99. The summed E-state index contributed by atoms with van der Waals surface area (Å²) in [5, 5.41) is 0.960. The Morgan fingerprint density at radius 3 is 3.00 bits per heavy atom. The number of aromatic nitrogens is 1. The minimum atomic E-state index is -0.198. The molecule has 0 saturated heterocycles. The third-order valence-corrected chi connectivity index (χ3v) is 2.13. The van der Waals surface area contributed by atoms with Crippen LogP contribution in [0, 0.1) is 0 Å². The molecule has 0 amide bonds. The molecule has 0 bridgehead atoms. The van der Waals surface area contributed by atoms with Gasteiger partial charge in [-0.1, -0.05) is 12.1 Å². The third-order valence-electron chi connectivity index (χ3n) is 2.13. The van der Waals surface area contributed by atoms with E-state index in [9.17, 15) is 4.39 Å².